The van der Waals surface area contributed by atoms with Gasteiger partial charge >= 0.3 is 0 Å². The molecule has 1 aliphatic carbocycles. The van der Waals surface area contributed by atoms with Crippen molar-refractivity contribution >= 4 is 11.6 Å². The molecule has 0 spiro atoms. The first-order valence-electron chi connectivity index (χ1n) is 8.67. The van der Waals surface area contributed by atoms with E-state index in [0.29, 0.717) is 24.7 Å². The van der Waals surface area contributed by atoms with Crippen LogP contribution in [0.25, 0.3) is 0 Å². The fourth-order valence-corrected chi connectivity index (χ4v) is 3.82. The van der Waals surface area contributed by atoms with Gasteiger partial charge in [0.15, 0.2) is 11.5 Å². The smallest absolute Gasteiger partial charge is 0.244 e. The summed E-state index contributed by atoms with van der Waals surface area (Å²) >= 11 is 0. The first-order valence-corrected chi connectivity index (χ1v) is 8.67. The van der Waals surface area contributed by atoms with E-state index in [-0.39, 0.29) is 11.7 Å². The molecule has 1 saturated carbocycles. The number of amides is 1. The summed E-state index contributed by atoms with van der Waals surface area (Å²) in [5.41, 5.74) is 0.195. The summed E-state index contributed by atoms with van der Waals surface area (Å²) in [6, 6.07) is 4.89. The van der Waals surface area contributed by atoms with Crippen molar-refractivity contribution in [1.29, 1.82) is 0 Å². The quantitative estimate of drug-likeness (QED) is 0.827. The van der Waals surface area contributed by atoms with Gasteiger partial charge in [0.1, 0.15) is 5.54 Å². The highest BCUT2D eigenvalue weighted by Gasteiger charge is 2.45. The molecule has 0 radical (unpaired) electrons. The van der Waals surface area contributed by atoms with Crippen molar-refractivity contribution in [2.45, 2.75) is 37.6 Å². The molecule has 1 saturated heterocycles. The lowest BCUT2D eigenvalue weighted by Gasteiger charge is -2.46. The summed E-state index contributed by atoms with van der Waals surface area (Å²) < 4.78 is 10.6. The Morgan fingerprint density at radius 2 is 1.96 bits per heavy atom. The zero-order valence-corrected chi connectivity index (χ0v) is 14.2. The number of ether oxygens (including phenoxy) is 2. The topological polar surface area (TPSA) is 71.0 Å². The molecule has 2 aliphatic rings. The van der Waals surface area contributed by atoms with E-state index >= 15 is 0 Å². The van der Waals surface area contributed by atoms with Crippen LogP contribution in [0.3, 0.4) is 0 Å². The number of phenolic OH excluding ortho intramolecular Hbond substituents is 1. The minimum atomic E-state index is -0.451. The van der Waals surface area contributed by atoms with Gasteiger partial charge in [-0.25, -0.2) is 0 Å². The SMILES string of the molecule is COc1cc(NC(=O)C2(N3CCOCC3)CCCCC2)ccc1O. The minimum Gasteiger partial charge on any atom is -0.504 e. The molecule has 1 heterocycles. The van der Waals surface area contributed by atoms with E-state index in [1.165, 1.54) is 19.6 Å². The number of hydrogen-bond acceptors (Lipinski definition) is 5. The lowest BCUT2D eigenvalue weighted by Crippen LogP contribution is -2.60. The van der Waals surface area contributed by atoms with Gasteiger partial charge in [-0.15, -0.1) is 0 Å². The maximum atomic E-state index is 13.2. The van der Waals surface area contributed by atoms with E-state index in [0.717, 1.165) is 38.8 Å². The molecule has 2 fully saturated rings. The highest BCUT2D eigenvalue weighted by molar-refractivity contribution is 5.98. The lowest BCUT2D eigenvalue weighted by molar-refractivity contribution is -0.134. The molecular formula is C18H26N2O4. The largest absolute Gasteiger partial charge is 0.504 e. The van der Waals surface area contributed by atoms with Crippen LogP contribution in [0.15, 0.2) is 18.2 Å². The average Bonchev–Trinajstić information content (AvgIpc) is 2.64. The maximum absolute atomic E-state index is 13.2. The number of anilines is 1. The third kappa shape index (κ3) is 3.35. The predicted molar refractivity (Wildman–Crippen MR) is 91.5 cm³/mol. The Hall–Kier alpha value is -1.79. The van der Waals surface area contributed by atoms with Crippen molar-refractivity contribution in [3.63, 3.8) is 0 Å². The molecule has 1 amide bonds. The molecule has 1 aromatic carbocycles. The molecule has 0 atom stereocenters. The summed E-state index contributed by atoms with van der Waals surface area (Å²) in [7, 11) is 1.50. The van der Waals surface area contributed by atoms with Gasteiger partial charge in [0, 0.05) is 24.8 Å². The molecule has 6 nitrogen and oxygen atoms in total. The van der Waals surface area contributed by atoms with Crippen LogP contribution in [0, 0.1) is 0 Å². The summed E-state index contributed by atoms with van der Waals surface area (Å²) in [5.74, 6) is 0.463. The molecule has 1 aliphatic heterocycles. The van der Waals surface area contributed by atoms with Gasteiger partial charge in [0.2, 0.25) is 5.91 Å². The third-order valence-electron chi connectivity index (χ3n) is 5.16. The van der Waals surface area contributed by atoms with Crippen molar-refractivity contribution in [3.8, 4) is 11.5 Å². The van der Waals surface area contributed by atoms with E-state index in [9.17, 15) is 9.90 Å². The van der Waals surface area contributed by atoms with Crippen LogP contribution in [0.5, 0.6) is 11.5 Å². The second-order valence-corrected chi connectivity index (χ2v) is 6.53. The van der Waals surface area contributed by atoms with Gasteiger partial charge < -0.3 is 19.9 Å². The summed E-state index contributed by atoms with van der Waals surface area (Å²) in [6.45, 7) is 2.96. The van der Waals surface area contributed by atoms with Crippen LogP contribution in [-0.4, -0.2) is 54.9 Å². The fourth-order valence-electron chi connectivity index (χ4n) is 3.82. The molecule has 1 aromatic rings. The summed E-state index contributed by atoms with van der Waals surface area (Å²) in [4.78, 5) is 15.5. The first-order chi connectivity index (χ1) is 11.7. The fraction of sp³-hybridized carbons (Fsp3) is 0.611. The molecule has 0 aromatic heterocycles. The number of methoxy groups -OCH3 is 1. The molecule has 132 valence electrons. The highest BCUT2D eigenvalue weighted by atomic mass is 16.5. The number of aromatic hydroxyl groups is 1. The second kappa shape index (κ2) is 7.40. The number of phenols is 1. The van der Waals surface area contributed by atoms with E-state index in [1.807, 2.05) is 0 Å². The maximum Gasteiger partial charge on any atom is 0.244 e. The first kappa shape index (κ1) is 17.0. The third-order valence-corrected chi connectivity index (χ3v) is 5.16. The number of morpholine rings is 1. The Labute approximate surface area is 142 Å². The molecule has 0 bridgehead atoms. The minimum absolute atomic E-state index is 0.0387. The van der Waals surface area contributed by atoms with Crippen LogP contribution in [-0.2, 0) is 9.53 Å². The molecule has 0 unspecified atom stereocenters. The van der Waals surface area contributed by atoms with Gasteiger partial charge in [-0.2, -0.15) is 0 Å². The number of carbonyl (C=O) groups excluding carboxylic acids is 1. The standard InChI is InChI=1S/C18H26N2O4/c1-23-16-13-14(5-6-15(16)21)19-17(22)18(7-3-2-4-8-18)20-9-11-24-12-10-20/h5-6,13,21H,2-4,7-12H2,1H3,(H,19,22). The van der Waals surface area contributed by atoms with E-state index < -0.39 is 5.54 Å². The molecular weight excluding hydrogens is 308 g/mol. The Kier molecular flexibility index (Phi) is 5.26. The molecule has 2 N–H and O–H groups in total. The Morgan fingerprint density at radius 1 is 1.25 bits per heavy atom. The van der Waals surface area contributed by atoms with Crippen LogP contribution in [0.1, 0.15) is 32.1 Å². The zero-order valence-electron chi connectivity index (χ0n) is 14.2. The normalized spacial score (nSPS) is 21.2. The molecule has 3 rings (SSSR count). The van der Waals surface area contributed by atoms with Gasteiger partial charge in [-0.1, -0.05) is 19.3 Å². The number of carbonyl (C=O) groups is 1. The highest BCUT2D eigenvalue weighted by Crippen LogP contribution is 2.36. The number of nitrogens with one attached hydrogen (secondary N) is 1. The average molecular weight is 334 g/mol. The van der Waals surface area contributed by atoms with Crippen molar-refractivity contribution in [3.05, 3.63) is 18.2 Å². The molecule has 24 heavy (non-hydrogen) atoms. The van der Waals surface area contributed by atoms with Crippen LogP contribution >= 0.6 is 0 Å². The summed E-state index contributed by atoms with van der Waals surface area (Å²) in [6.07, 6.45) is 5.10. The molecule has 6 heteroatoms. The van der Waals surface area contributed by atoms with Gasteiger partial charge in [-0.05, 0) is 25.0 Å². The van der Waals surface area contributed by atoms with Crippen LogP contribution in [0.2, 0.25) is 0 Å². The van der Waals surface area contributed by atoms with Gasteiger partial charge in [-0.3, -0.25) is 9.69 Å². The predicted octanol–water partition coefficient (Wildman–Crippen LogP) is 2.37. The van der Waals surface area contributed by atoms with Gasteiger partial charge in [0.05, 0.1) is 20.3 Å². The second-order valence-electron chi connectivity index (χ2n) is 6.53. The van der Waals surface area contributed by atoms with Crippen molar-refractivity contribution in [2.75, 3.05) is 38.7 Å². The van der Waals surface area contributed by atoms with Crippen molar-refractivity contribution in [2.24, 2.45) is 0 Å². The monoisotopic (exact) mass is 334 g/mol. The number of benzene rings is 1. The number of hydrogen-bond donors (Lipinski definition) is 2. The summed E-state index contributed by atoms with van der Waals surface area (Å²) in [5, 5.41) is 12.8. The van der Waals surface area contributed by atoms with Crippen LogP contribution < -0.4 is 10.1 Å². The Bertz CT molecular complexity index is 578. The van der Waals surface area contributed by atoms with E-state index in [2.05, 4.69) is 10.2 Å². The zero-order chi connectivity index (χ0) is 17.0. The number of nitrogens with zero attached hydrogens (tertiary/aromatic N) is 1. The Balaban J connectivity index is 1.81. The lowest BCUT2D eigenvalue weighted by atomic mass is 9.79. The van der Waals surface area contributed by atoms with Crippen molar-refractivity contribution < 1.29 is 19.4 Å². The van der Waals surface area contributed by atoms with Gasteiger partial charge in [0.25, 0.3) is 0 Å². The van der Waals surface area contributed by atoms with E-state index in [1.54, 1.807) is 12.1 Å². The van der Waals surface area contributed by atoms with E-state index in [4.69, 9.17) is 9.47 Å². The Morgan fingerprint density at radius 3 is 2.62 bits per heavy atom. The van der Waals surface area contributed by atoms with Crippen LogP contribution in [0.4, 0.5) is 5.69 Å². The van der Waals surface area contributed by atoms with Crippen molar-refractivity contribution in [1.82, 2.24) is 4.90 Å². The number of rotatable bonds is 4.